The first-order valence-corrected chi connectivity index (χ1v) is 5.77. The molecular weight excluding hydrogens is 202 g/mol. The zero-order valence-electron chi connectivity index (χ0n) is 9.83. The Morgan fingerprint density at radius 1 is 1.50 bits per heavy atom. The number of hydrazine groups is 1. The number of hydrogen-bond donors (Lipinski definition) is 3. The molecule has 1 aliphatic rings. The lowest BCUT2D eigenvalue weighted by Crippen LogP contribution is -2.31. The number of nitrogens with one attached hydrogen (secondary N) is 2. The summed E-state index contributed by atoms with van der Waals surface area (Å²) in [5.41, 5.74) is 3.51. The van der Waals surface area contributed by atoms with Crippen molar-refractivity contribution in [1.29, 1.82) is 0 Å². The van der Waals surface area contributed by atoms with E-state index in [1.54, 1.807) is 6.20 Å². The highest BCUT2D eigenvalue weighted by molar-refractivity contribution is 5.46. The number of hydrogen-bond acceptors (Lipinski definition) is 5. The summed E-state index contributed by atoms with van der Waals surface area (Å²) in [6, 6.07) is 0.466. The molecule has 1 aliphatic carbocycles. The Morgan fingerprint density at radius 2 is 2.25 bits per heavy atom. The minimum atomic E-state index is 0.453. The van der Waals surface area contributed by atoms with Crippen LogP contribution in [-0.4, -0.2) is 16.0 Å². The van der Waals surface area contributed by atoms with E-state index in [1.165, 1.54) is 19.3 Å². The first-order valence-electron chi connectivity index (χ1n) is 5.77. The fourth-order valence-corrected chi connectivity index (χ4v) is 1.93. The molecule has 16 heavy (non-hydrogen) atoms. The quantitative estimate of drug-likeness (QED) is 0.532. The van der Waals surface area contributed by atoms with Gasteiger partial charge < -0.3 is 5.32 Å². The molecule has 4 N–H and O–H groups in total. The summed E-state index contributed by atoms with van der Waals surface area (Å²) in [6.45, 7) is 4.21. The van der Waals surface area contributed by atoms with Crippen LogP contribution in [0.25, 0.3) is 0 Å². The monoisotopic (exact) mass is 221 g/mol. The predicted molar refractivity (Wildman–Crippen MR) is 65.0 cm³/mol. The van der Waals surface area contributed by atoms with Crippen LogP contribution in [0.5, 0.6) is 0 Å². The Hall–Kier alpha value is -1.36. The molecule has 1 fully saturated rings. The van der Waals surface area contributed by atoms with Crippen molar-refractivity contribution in [1.82, 2.24) is 9.97 Å². The Balaban J connectivity index is 2.06. The van der Waals surface area contributed by atoms with Crippen molar-refractivity contribution >= 4 is 11.8 Å². The molecule has 1 aromatic heterocycles. The number of nitrogens with zero attached hydrogens (tertiary/aromatic N) is 2. The van der Waals surface area contributed by atoms with Crippen LogP contribution >= 0.6 is 0 Å². The van der Waals surface area contributed by atoms with Gasteiger partial charge in [-0.3, -0.25) is 5.43 Å². The Labute approximate surface area is 95.8 Å². The summed E-state index contributed by atoms with van der Waals surface area (Å²) in [5, 5.41) is 3.44. The van der Waals surface area contributed by atoms with Gasteiger partial charge in [0, 0.05) is 17.8 Å². The van der Waals surface area contributed by atoms with E-state index in [1.807, 2.05) is 6.92 Å². The lowest BCUT2D eigenvalue weighted by Gasteiger charge is -2.32. The molecule has 2 rings (SSSR count). The van der Waals surface area contributed by atoms with Gasteiger partial charge in [0.1, 0.15) is 5.82 Å². The van der Waals surface area contributed by atoms with E-state index in [9.17, 15) is 0 Å². The van der Waals surface area contributed by atoms with Crippen LogP contribution in [0.4, 0.5) is 11.8 Å². The second-order valence-corrected chi connectivity index (χ2v) is 4.49. The summed E-state index contributed by atoms with van der Waals surface area (Å²) < 4.78 is 0. The molecule has 0 amide bonds. The highest BCUT2D eigenvalue weighted by Gasteiger charge is 2.24. The zero-order chi connectivity index (χ0) is 11.5. The summed E-state index contributed by atoms with van der Waals surface area (Å²) in [7, 11) is 0. The van der Waals surface area contributed by atoms with Gasteiger partial charge >= 0.3 is 0 Å². The molecule has 1 heterocycles. The third kappa shape index (κ3) is 2.24. The number of aromatic nitrogens is 2. The molecule has 0 aliphatic heterocycles. The van der Waals surface area contributed by atoms with Gasteiger partial charge in [0.2, 0.25) is 5.95 Å². The van der Waals surface area contributed by atoms with E-state index in [4.69, 9.17) is 5.84 Å². The van der Waals surface area contributed by atoms with E-state index in [2.05, 4.69) is 27.6 Å². The molecule has 5 nitrogen and oxygen atoms in total. The average Bonchev–Trinajstić information content (AvgIpc) is 2.18. The maximum Gasteiger partial charge on any atom is 0.239 e. The van der Waals surface area contributed by atoms with E-state index >= 15 is 0 Å². The lowest BCUT2D eigenvalue weighted by atomic mass is 9.80. The molecule has 88 valence electrons. The van der Waals surface area contributed by atoms with Crippen LogP contribution in [0, 0.1) is 12.8 Å². The molecular formula is C11H19N5. The summed E-state index contributed by atoms with van der Waals surface area (Å²) in [6.07, 6.45) is 5.77. The fraction of sp³-hybridized carbons (Fsp3) is 0.636. The van der Waals surface area contributed by atoms with Gasteiger partial charge in [0.05, 0.1) is 0 Å². The normalized spacial score (nSPS) is 17.7. The SMILES string of the molecule is Cc1cnc(NN)nc1NC(C)C1CCC1. The van der Waals surface area contributed by atoms with Crippen molar-refractivity contribution in [2.45, 2.75) is 39.2 Å². The standard InChI is InChI=1S/C11H19N5/c1-7-6-13-11(16-12)15-10(7)14-8(2)9-4-3-5-9/h6,8-9H,3-5,12H2,1-2H3,(H2,13,14,15,16). The van der Waals surface area contributed by atoms with E-state index in [0.717, 1.165) is 17.3 Å². The Bertz CT molecular complexity index is 361. The topological polar surface area (TPSA) is 75.9 Å². The summed E-state index contributed by atoms with van der Waals surface area (Å²) >= 11 is 0. The Kier molecular flexibility index (Phi) is 3.24. The summed E-state index contributed by atoms with van der Waals surface area (Å²) in [5.74, 6) is 7.40. The molecule has 0 spiro atoms. The molecule has 0 aromatic carbocycles. The number of nitrogens with two attached hydrogens (primary N) is 1. The molecule has 1 unspecified atom stereocenters. The Morgan fingerprint density at radius 3 is 2.81 bits per heavy atom. The van der Waals surface area contributed by atoms with Gasteiger partial charge in [-0.2, -0.15) is 4.98 Å². The van der Waals surface area contributed by atoms with Crippen molar-refractivity contribution in [2.24, 2.45) is 11.8 Å². The summed E-state index contributed by atoms with van der Waals surface area (Å²) in [4.78, 5) is 8.37. The molecule has 0 radical (unpaired) electrons. The van der Waals surface area contributed by atoms with Crippen molar-refractivity contribution in [3.8, 4) is 0 Å². The van der Waals surface area contributed by atoms with Crippen molar-refractivity contribution in [3.63, 3.8) is 0 Å². The van der Waals surface area contributed by atoms with Crippen LogP contribution < -0.4 is 16.6 Å². The second-order valence-electron chi connectivity index (χ2n) is 4.49. The number of anilines is 2. The number of aryl methyl sites for hydroxylation is 1. The van der Waals surface area contributed by atoms with Crippen molar-refractivity contribution in [2.75, 3.05) is 10.7 Å². The molecule has 5 heteroatoms. The molecule has 1 saturated carbocycles. The van der Waals surface area contributed by atoms with Crippen LogP contribution in [0.1, 0.15) is 31.7 Å². The van der Waals surface area contributed by atoms with Crippen LogP contribution in [0.3, 0.4) is 0 Å². The molecule has 1 aromatic rings. The van der Waals surface area contributed by atoms with Crippen LogP contribution in [0.2, 0.25) is 0 Å². The minimum Gasteiger partial charge on any atom is -0.367 e. The van der Waals surface area contributed by atoms with E-state index in [0.29, 0.717) is 12.0 Å². The van der Waals surface area contributed by atoms with Crippen LogP contribution in [-0.2, 0) is 0 Å². The molecule has 0 bridgehead atoms. The maximum atomic E-state index is 5.29. The highest BCUT2D eigenvalue weighted by Crippen LogP contribution is 2.31. The zero-order valence-corrected chi connectivity index (χ0v) is 9.83. The first-order chi connectivity index (χ1) is 7.70. The third-order valence-electron chi connectivity index (χ3n) is 3.32. The third-order valence-corrected chi connectivity index (χ3v) is 3.32. The molecule has 1 atom stereocenters. The lowest BCUT2D eigenvalue weighted by molar-refractivity contribution is 0.285. The van der Waals surface area contributed by atoms with Gasteiger partial charge in [-0.25, -0.2) is 10.8 Å². The smallest absolute Gasteiger partial charge is 0.239 e. The van der Waals surface area contributed by atoms with Gasteiger partial charge in [0.25, 0.3) is 0 Å². The average molecular weight is 221 g/mol. The van der Waals surface area contributed by atoms with E-state index < -0.39 is 0 Å². The largest absolute Gasteiger partial charge is 0.367 e. The van der Waals surface area contributed by atoms with Gasteiger partial charge in [0.15, 0.2) is 0 Å². The van der Waals surface area contributed by atoms with Crippen molar-refractivity contribution < 1.29 is 0 Å². The number of nitrogen functional groups attached to an aromatic ring is 1. The minimum absolute atomic E-state index is 0.453. The molecule has 0 saturated heterocycles. The predicted octanol–water partition coefficient (Wildman–Crippen LogP) is 1.67. The van der Waals surface area contributed by atoms with E-state index in [-0.39, 0.29) is 0 Å². The van der Waals surface area contributed by atoms with Crippen molar-refractivity contribution in [3.05, 3.63) is 11.8 Å². The van der Waals surface area contributed by atoms with Crippen LogP contribution in [0.15, 0.2) is 6.20 Å². The first kappa shape index (κ1) is 11.1. The van der Waals surface area contributed by atoms with Gasteiger partial charge in [-0.15, -0.1) is 0 Å². The number of rotatable bonds is 4. The maximum absolute atomic E-state index is 5.29. The second kappa shape index (κ2) is 4.65. The van der Waals surface area contributed by atoms with Gasteiger partial charge in [-0.05, 0) is 32.6 Å². The fourth-order valence-electron chi connectivity index (χ4n) is 1.93. The highest BCUT2D eigenvalue weighted by atomic mass is 15.3. The van der Waals surface area contributed by atoms with Gasteiger partial charge in [-0.1, -0.05) is 6.42 Å².